The van der Waals surface area contributed by atoms with E-state index in [0.29, 0.717) is 6.07 Å². The Hall–Kier alpha value is -10.3. The maximum absolute atomic E-state index is 13.9. The first-order valence-corrected chi connectivity index (χ1v) is 27.7. The van der Waals surface area contributed by atoms with Gasteiger partial charge in [0.1, 0.15) is 42.1 Å². The van der Waals surface area contributed by atoms with Gasteiger partial charge in [0.05, 0.1) is 83.0 Å². The van der Waals surface area contributed by atoms with Gasteiger partial charge in [0, 0.05) is 18.6 Å². The van der Waals surface area contributed by atoms with Crippen LogP contribution in [0.25, 0.3) is 27.6 Å². The minimum absolute atomic E-state index is 0.000730. The molecule has 7 aromatic rings. The van der Waals surface area contributed by atoms with E-state index >= 15 is 0 Å². The number of aliphatic imine (C=N–C) groups is 1. The second-order valence-electron chi connectivity index (χ2n) is 19.7. The van der Waals surface area contributed by atoms with Gasteiger partial charge in [0.2, 0.25) is 22.5 Å². The maximum atomic E-state index is 13.9. The number of ether oxygens (including phenoxy) is 5. The first-order chi connectivity index (χ1) is 45.4. The highest BCUT2D eigenvalue weighted by atomic mass is 35.5. The Bertz CT molecular complexity index is 4510. The number of ketones is 1. The second kappa shape index (κ2) is 32.9. The summed E-state index contributed by atoms with van der Waals surface area (Å²) < 4.78 is 237. The molecule has 4 heterocycles. The molecule has 0 radical (unpaired) electrons. The number of carbonyl (C=O) groups is 6. The third kappa shape index (κ3) is 17.0. The van der Waals surface area contributed by atoms with E-state index in [0.717, 1.165) is 18.5 Å². The van der Waals surface area contributed by atoms with Crippen LogP contribution in [0.2, 0.25) is 0 Å². The van der Waals surface area contributed by atoms with Crippen LogP contribution < -0.4 is 20.3 Å². The van der Waals surface area contributed by atoms with Crippen molar-refractivity contribution in [1.82, 2.24) is 9.13 Å². The molecule has 3 atom stereocenters. The number of Topliss-reactive ketones (excluding diaryl/α,β-unsaturated/α-hetero) is 1. The van der Waals surface area contributed by atoms with Crippen LogP contribution in [0, 0.1) is 93.1 Å². The van der Waals surface area contributed by atoms with Crippen LogP contribution in [-0.4, -0.2) is 111 Å². The van der Waals surface area contributed by atoms with Crippen molar-refractivity contribution >= 4 is 80.3 Å². The predicted octanol–water partition coefficient (Wildman–Crippen LogP) is 11.9. The highest BCUT2D eigenvalue weighted by Crippen LogP contribution is 2.37. The molecule has 0 unspecified atom stereocenters. The van der Waals surface area contributed by atoms with Crippen LogP contribution in [0.1, 0.15) is 107 Å². The molecule has 3 N–H and O–H groups in total. The van der Waals surface area contributed by atoms with Crippen molar-refractivity contribution in [3.8, 4) is 11.5 Å². The molecule has 36 heteroatoms. The van der Waals surface area contributed by atoms with Crippen LogP contribution in [0.4, 0.5) is 70.2 Å². The van der Waals surface area contributed by atoms with E-state index in [9.17, 15) is 114 Å². The third-order valence-electron chi connectivity index (χ3n) is 13.1. The fraction of sp³-hybridized carbons (Fsp3) is 0.262. The molecule has 5 aromatic carbocycles. The fourth-order valence-corrected chi connectivity index (χ4v) is 8.52. The molecule has 0 aliphatic carbocycles. The Balaban J connectivity index is 0.000000222. The summed E-state index contributed by atoms with van der Waals surface area (Å²) in [6.07, 6.45) is 2.35. The number of nitrogens with zero attached hydrogens (tertiary/aromatic N) is 3. The van der Waals surface area contributed by atoms with Gasteiger partial charge >= 0.3 is 23.9 Å². The number of carbonyl (C=O) groups excluding carboxylic acids is 5. The lowest BCUT2D eigenvalue weighted by Gasteiger charge is -2.27. The molecule has 0 saturated carbocycles. The SMILES string of the molecule is CCOC(=O)C(C=N[C@@H](C)CO)=C(O)c1cc(F)c(F)c(F)c1F.CCOC(=O)CC(=O)c1cc(F)c(F)c(F)c1F.CCOC(=O)c1cn2c3c(c(F)c(F)cc3c1=O)OC[C@@H]2C.C[C@H]1COc2c(F)c(F)cc3c(=O)c(C(=O)O)cn1c23.O=C(Cl)c1cc(F)c(F)c(F)c1F. The largest absolute Gasteiger partial charge is 0.506 e. The summed E-state index contributed by atoms with van der Waals surface area (Å²) >= 11 is 4.77. The Morgan fingerprint density at radius 3 is 1.37 bits per heavy atom. The molecule has 2 aliphatic rings. The van der Waals surface area contributed by atoms with Crippen LogP contribution in [0.3, 0.4) is 0 Å². The second-order valence-corrected chi connectivity index (χ2v) is 20.1. The first kappa shape index (κ1) is 77.4. The molecule has 0 amide bonds. The van der Waals surface area contributed by atoms with Crippen LogP contribution in [-0.2, 0) is 23.8 Å². The normalized spacial score (nSPS) is 13.9. The Morgan fingerprint density at radius 1 is 0.557 bits per heavy atom. The van der Waals surface area contributed by atoms with Crippen molar-refractivity contribution in [2.45, 2.75) is 66.1 Å². The van der Waals surface area contributed by atoms with Gasteiger partial charge in [-0.2, -0.15) is 8.78 Å². The third-order valence-corrected chi connectivity index (χ3v) is 13.3. The number of hydrogen-bond donors (Lipinski definition) is 3. The predicted molar refractivity (Wildman–Crippen MR) is 305 cm³/mol. The number of benzene rings is 5. The summed E-state index contributed by atoms with van der Waals surface area (Å²) in [5.41, 5.74) is -5.86. The number of aromatic nitrogens is 2. The number of rotatable bonds is 14. The zero-order chi connectivity index (χ0) is 73.1. The number of pyridine rings is 2. The summed E-state index contributed by atoms with van der Waals surface area (Å²) in [5.74, 6) is -35.0. The zero-order valence-corrected chi connectivity index (χ0v) is 51.0. The first-order valence-electron chi connectivity index (χ1n) is 27.4. The molecule has 520 valence electrons. The molecule has 0 bridgehead atoms. The van der Waals surface area contributed by atoms with Crippen molar-refractivity contribution in [1.29, 1.82) is 0 Å². The summed E-state index contributed by atoms with van der Waals surface area (Å²) in [6.45, 7) is 9.31. The molecule has 2 aromatic heterocycles. The molecule has 9 rings (SSSR count). The van der Waals surface area contributed by atoms with Crippen molar-refractivity contribution in [2.75, 3.05) is 39.6 Å². The van der Waals surface area contributed by atoms with Crippen molar-refractivity contribution in [3.63, 3.8) is 0 Å². The van der Waals surface area contributed by atoms with Gasteiger partial charge in [-0.15, -0.1) is 0 Å². The molecule has 0 saturated heterocycles. The Kier molecular flexibility index (Phi) is 26.2. The van der Waals surface area contributed by atoms with Crippen LogP contribution >= 0.6 is 11.6 Å². The van der Waals surface area contributed by atoms with Crippen molar-refractivity contribution in [2.24, 2.45) is 4.99 Å². The molecule has 0 fully saturated rings. The van der Waals surface area contributed by atoms with E-state index in [1.54, 1.807) is 25.3 Å². The number of esters is 3. The van der Waals surface area contributed by atoms with E-state index in [1.807, 2.05) is 0 Å². The molecule has 19 nitrogen and oxygen atoms in total. The van der Waals surface area contributed by atoms with E-state index in [-0.39, 0.29) is 109 Å². The topological polar surface area (TPSA) is 266 Å². The number of carboxylic acids is 1. The lowest BCUT2D eigenvalue weighted by Crippen LogP contribution is -2.27. The lowest BCUT2D eigenvalue weighted by atomic mass is 10.1. The quantitative estimate of drug-likeness (QED) is 0.00781. The zero-order valence-electron chi connectivity index (χ0n) is 50.2. The molecule has 97 heavy (non-hydrogen) atoms. The highest BCUT2D eigenvalue weighted by molar-refractivity contribution is 6.67. The van der Waals surface area contributed by atoms with Crippen LogP contribution in [0.15, 0.2) is 62.9 Å². The summed E-state index contributed by atoms with van der Waals surface area (Å²) in [6, 6.07) is 0.887. The molecule has 2 aliphatic heterocycles. The van der Waals surface area contributed by atoms with Gasteiger partial charge in [-0.1, -0.05) is 0 Å². The highest BCUT2D eigenvalue weighted by Gasteiger charge is 2.32. The molecular weight excluding hydrogens is 1370 g/mol. The summed E-state index contributed by atoms with van der Waals surface area (Å²) in [7, 11) is 0. The van der Waals surface area contributed by atoms with Gasteiger partial charge in [0.15, 0.2) is 98.7 Å². The Morgan fingerprint density at radius 2 is 0.948 bits per heavy atom. The van der Waals surface area contributed by atoms with Crippen molar-refractivity contribution in [3.05, 3.63) is 190 Å². The number of halogens is 17. The van der Waals surface area contributed by atoms with Gasteiger partial charge in [-0.25, -0.2) is 75.8 Å². The minimum Gasteiger partial charge on any atom is -0.506 e. The van der Waals surface area contributed by atoms with Gasteiger partial charge in [-0.05, 0) is 83.5 Å². The van der Waals surface area contributed by atoms with E-state index in [4.69, 9.17) is 36.0 Å². The monoisotopic (exact) mass is 1420 g/mol. The minimum atomic E-state index is -2.14. The van der Waals surface area contributed by atoms with Crippen LogP contribution in [0.5, 0.6) is 11.5 Å². The number of carboxylic acid groups (broad SMARTS) is 1. The van der Waals surface area contributed by atoms with Gasteiger partial charge in [-0.3, -0.25) is 29.0 Å². The van der Waals surface area contributed by atoms with E-state index < -0.39 is 185 Å². The molecular formula is C61H46ClF16N3O16. The summed E-state index contributed by atoms with van der Waals surface area (Å²) in [4.78, 5) is 95.6. The lowest BCUT2D eigenvalue weighted by molar-refractivity contribution is -0.142. The number of aromatic carboxylic acids is 1. The van der Waals surface area contributed by atoms with E-state index in [1.165, 1.54) is 31.5 Å². The number of aliphatic hydroxyl groups is 2. The summed E-state index contributed by atoms with van der Waals surface area (Å²) in [5, 5.41) is 26.2. The average Bonchev–Trinajstić information content (AvgIpc) is 0.745. The Labute approximate surface area is 537 Å². The average molecular weight is 1420 g/mol. The fourth-order valence-electron chi connectivity index (χ4n) is 8.38. The standard InChI is InChI=1S/C15H15F4NO4.C15H13F2NO4.C13H9F2NO4.C11H8F4O3.C7HClF4O/c1-3-24-15(23)9(5-20-7(2)6-21)14(22)8-4-10(16)12(18)13(19)11(8)17;1-3-21-15(20)9-5-18-7(2)6-22-14-11(17)10(16)4-8(12(14)18)13(9)19;1-5-4-20-12-9(15)8(14)2-6-10(12)16(5)3-7(11(6)17)13(18)19;1-2-18-8(17)4-7(16)5-3-6(12)10(14)11(15)9(5)13;8-7(13)2-1-3(9)5(11)6(12)4(2)10/h4-5,7,21-22H,3,6H2,1-2H3;4-5,7H,3,6H2,1-2H3;2-3,5H,4H2,1H3,(H,18,19);3H,2,4H2,1H3;1H/t2*7-;5-;;/m000../s1. The maximum Gasteiger partial charge on any atom is 0.343 e. The molecule has 0 spiro atoms. The number of hydrogen-bond acceptors (Lipinski definition) is 16. The number of aliphatic hydroxyl groups excluding tert-OH is 2. The van der Waals surface area contributed by atoms with E-state index in [2.05, 4.69) is 14.5 Å². The van der Waals surface area contributed by atoms with Gasteiger partial charge < -0.3 is 48.1 Å². The van der Waals surface area contributed by atoms with Gasteiger partial charge in [0.25, 0.3) is 5.24 Å². The smallest absolute Gasteiger partial charge is 0.343 e. The van der Waals surface area contributed by atoms with Crippen molar-refractivity contribution < 1.29 is 138 Å².